The largest absolute Gasteiger partial charge is 0.506 e. The number of aromatic hydroxyl groups is 1. The number of benzene rings is 2. The lowest BCUT2D eigenvalue weighted by atomic mass is 9.81. The summed E-state index contributed by atoms with van der Waals surface area (Å²) in [6.07, 6.45) is 1.13. The lowest BCUT2D eigenvalue weighted by Crippen LogP contribution is -2.29. The van der Waals surface area contributed by atoms with Crippen molar-refractivity contribution in [2.24, 2.45) is 5.92 Å². The second-order valence-electron chi connectivity index (χ2n) is 5.52. The number of nitrogens with one attached hydrogen (secondary N) is 1. The maximum atomic E-state index is 10.1. The summed E-state index contributed by atoms with van der Waals surface area (Å²) in [4.78, 5) is 0. The van der Waals surface area contributed by atoms with Crippen LogP contribution in [0.1, 0.15) is 29.7 Å². The van der Waals surface area contributed by atoms with Crippen LogP contribution in [0.3, 0.4) is 0 Å². The van der Waals surface area contributed by atoms with Gasteiger partial charge in [0.1, 0.15) is 5.75 Å². The van der Waals surface area contributed by atoms with Crippen LogP contribution in [-0.4, -0.2) is 11.7 Å². The van der Waals surface area contributed by atoms with E-state index in [2.05, 4.69) is 29.6 Å². The van der Waals surface area contributed by atoms with Gasteiger partial charge < -0.3 is 15.2 Å². The van der Waals surface area contributed by atoms with Gasteiger partial charge in [0.25, 0.3) is 0 Å². The number of phenols is 1. The normalized spacial score (nSPS) is 27.5. The van der Waals surface area contributed by atoms with Crippen molar-refractivity contribution >= 4 is 5.69 Å². The van der Waals surface area contributed by atoms with E-state index in [-0.39, 0.29) is 12.1 Å². The van der Waals surface area contributed by atoms with Gasteiger partial charge in [0.05, 0.1) is 17.8 Å². The maximum Gasteiger partial charge on any atom is 0.139 e. The number of rotatable bonds is 1. The van der Waals surface area contributed by atoms with E-state index in [4.69, 9.17) is 4.74 Å². The third-order valence-corrected chi connectivity index (χ3v) is 4.41. The fourth-order valence-corrected chi connectivity index (χ4v) is 3.47. The van der Waals surface area contributed by atoms with Crippen LogP contribution in [-0.2, 0) is 4.74 Å². The zero-order valence-corrected chi connectivity index (χ0v) is 11.1. The van der Waals surface area contributed by atoms with Crippen LogP contribution in [0, 0.1) is 5.92 Å². The standard InChI is InChI=1S/C17H17NO2/c19-14-8-4-7-12-16(14)18-15(11-5-2-1-3-6-11)13-9-10-20-17(12)13/h1-8,13,15,17-19H,9-10H2/t13-,15+,17+/m1/s1. The molecular formula is C17H17NO2. The fourth-order valence-electron chi connectivity index (χ4n) is 3.47. The average Bonchev–Trinajstić information content (AvgIpc) is 2.97. The Bertz CT molecular complexity index is 626. The van der Waals surface area contributed by atoms with Crippen molar-refractivity contribution in [2.45, 2.75) is 18.6 Å². The molecule has 0 aliphatic carbocycles. The van der Waals surface area contributed by atoms with Crippen molar-refractivity contribution in [3.63, 3.8) is 0 Å². The van der Waals surface area contributed by atoms with Crippen molar-refractivity contribution in [1.82, 2.24) is 0 Å². The molecule has 3 nitrogen and oxygen atoms in total. The summed E-state index contributed by atoms with van der Waals surface area (Å²) in [5.74, 6) is 0.726. The van der Waals surface area contributed by atoms with E-state index >= 15 is 0 Å². The lowest BCUT2D eigenvalue weighted by Gasteiger charge is -2.36. The lowest BCUT2D eigenvalue weighted by molar-refractivity contribution is 0.0826. The van der Waals surface area contributed by atoms with E-state index in [0.717, 1.165) is 24.3 Å². The molecular weight excluding hydrogens is 250 g/mol. The predicted molar refractivity (Wildman–Crippen MR) is 77.7 cm³/mol. The van der Waals surface area contributed by atoms with E-state index in [9.17, 15) is 5.11 Å². The molecule has 1 fully saturated rings. The summed E-state index contributed by atoms with van der Waals surface area (Å²) in [6, 6.07) is 16.3. The number of para-hydroxylation sites is 1. The topological polar surface area (TPSA) is 41.5 Å². The van der Waals surface area contributed by atoms with Crippen LogP contribution in [0.25, 0.3) is 0 Å². The van der Waals surface area contributed by atoms with Crippen molar-refractivity contribution in [3.8, 4) is 5.75 Å². The van der Waals surface area contributed by atoms with Crippen LogP contribution in [0.15, 0.2) is 48.5 Å². The summed E-state index contributed by atoms with van der Waals surface area (Å²) in [7, 11) is 0. The fraction of sp³-hybridized carbons (Fsp3) is 0.294. The second kappa shape index (κ2) is 4.53. The molecule has 2 heterocycles. The number of phenolic OH excluding ortho intramolecular Hbond substituents is 1. The SMILES string of the molecule is Oc1cccc2c1N[C@@H](c1ccccc1)[C@H]1CCO[C@@H]21. The first kappa shape index (κ1) is 11.8. The van der Waals surface area contributed by atoms with Crippen LogP contribution in [0.2, 0.25) is 0 Å². The van der Waals surface area contributed by atoms with Crippen molar-refractivity contribution < 1.29 is 9.84 Å². The molecule has 0 spiro atoms. The Labute approximate surface area is 118 Å². The van der Waals surface area contributed by atoms with Gasteiger partial charge in [-0.2, -0.15) is 0 Å². The van der Waals surface area contributed by atoms with Gasteiger partial charge >= 0.3 is 0 Å². The first-order valence-electron chi connectivity index (χ1n) is 7.09. The molecule has 2 aliphatic rings. The quantitative estimate of drug-likeness (QED) is 0.775. The van der Waals surface area contributed by atoms with E-state index in [0.29, 0.717) is 11.7 Å². The summed E-state index contributed by atoms with van der Waals surface area (Å²) >= 11 is 0. The second-order valence-corrected chi connectivity index (χ2v) is 5.52. The zero-order chi connectivity index (χ0) is 13.5. The highest BCUT2D eigenvalue weighted by Crippen LogP contribution is 2.51. The number of fused-ring (bicyclic) bond motifs is 3. The van der Waals surface area contributed by atoms with Gasteiger partial charge in [-0.25, -0.2) is 0 Å². The van der Waals surface area contributed by atoms with E-state index in [1.165, 1.54) is 5.56 Å². The van der Waals surface area contributed by atoms with Gasteiger partial charge in [-0.15, -0.1) is 0 Å². The molecule has 102 valence electrons. The summed E-state index contributed by atoms with van der Waals surface area (Å²) < 4.78 is 5.94. The molecule has 2 aromatic carbocycles. The van der Waals surface area contributed by atoms with Crippen LogP contribution >= 0.6 is 0 Å². The van der Waals surface area contributed by atoms with Gasteiger partial charge in [0, 0.05) is 18.1 Å². The maximum absolute atomic E-state index is 10.1. The van der Waals surface area contributed by atoms with E-state index < -0.39 is 0 Å². The molecule has 0 radical (unpaired) electrons. The zero-order valence-electron chi connectivity index (χ0n) is 11.1. The molecule has 0 bridgehead atoms. The molecule has 1 saturated heterocycles. The summed E-state index contributed by atoms with van der Waals surface area (Å²) in [5.41, 5.74) is 3.16. The average molecular weight is 267 g/mol. The van der Waals surface area contributed by atoms with Gasteiger partial charge in [-0.1, -0.05) is 42.5 Å². The summed E-state index contributed by atoms with van der Waals surface area (Å²) in [5, 5.41) is 13.6. The van der Waals surface area contributed by atoms with E-state index in [1.54, 1.807) is 6.07 Å². The van der Waals surface area contributed by atoms with Gasteiger partial charge in [-0.05, 0) is 18.1 Å². The molecule has 0 saturated carbocycles. The predicted octanol–water partition coefficient (Wildman–Crippen LogP) is 3.64. The first-order chi connectivity index (χ1) is 9.84. The molecule has 2 aliphatic heterocycles. The van der Waals surface area contributed by atoms with Gasteiger partial charge in [0.2, 0.25) is 0 Å². The summed E-state index contributed by atoms with van der Waals surface area (Å²) in [6.45, 7) is 0.787. The molecule has 2 aromatic rings. The monoisotopic (exact) mass is 267 g/mol. The molecule has 0 aromatic heterocycles. The Kier molecular flexibility index (Phi) is 2.67. The van der Waals surface area contributed by atoms with Gasteiger partial charge in [0.15, 0.2) is 0 Å². The number of ether oxygens (including phenoxy) is 1. The van der Waals surface area contributed by atoms with Crippen LogP contribution < -0.4 is 5.32 Å². The molecule has 0 unspecified atom stereocenters. The minimum absolute atomic E-state index is 0.0866. The molecule has 2 N–H and O–H groups in total. The molecule has 4 rings (SSSR count). The van der Waals surface area contributed by atoms with Gasteiger partial charge in [-0.3, -0.25) is 0 Å². The molecule has 3 atom stereocenters. The number of hydrogen-bond donors (Lipinski definition) is 2. The smallest absolute Gasteiger partial charge is 0.139 e. The number of anilines is 1. The minimum Gasteiger partial charge on any atom is -0.506 e. The Morgan fingerprint density at radius 2 is 1.90 bits per heavy atom. The Hall–Kier alpha value is -2.00. The molecule has 20 heavy (non-hydrogen) atoms. The Morgan fingerprint density at radius 1 is 1.05 bits per heavy atom. The Balaban J connectivity index is 1.82. The Morgan fingerprint density at radius 3 is 2.75 bits per heavy atom. The van der Waals surface area contributed by atoms with Crippen molar-refractivity contribution in [3.05, 3.63) is 59.7 Å². The van der Waals surface area contributed by atoms with Crippen LogP contribution in [0.4, 0.5) is 5.69 Å². The highest BCUT2D eigenvalue weighted by Gasteiger charge is 2.42. The van der Waals surface area contributed by atoms with Crippen LogP contribution in [0.5, 0.6) is 5.75 Å². The highest BCUT2D eigenvalue weighted by atomic mass is 16.5. The van der Waals surface area contributed by atoms with Crippen molar-refractivity contribution in [2.75, 3.05) is 11.9 Å². The molecule has 0 amide bonds. The third kappa shape index (κ3) is 1.70. The minimum atomic E-state index is 0.0866. The highest BCUT2D eigenvalue weighted by molar-refractivity contribution is 5.65. The first-order valence-corrected chi connectivity index (χ1v) is 7.09. The van der Waals surface area contributed by atoms with E-state index in [1.807, 2.05) is 18.2 Å². The molecule has 3 heteroatoms. The van der Waals surface area contributed by atoms with Crippen molar-refractivity contribution in [1.29, 1.82) is 0 Å². The third-order valence-electron chi connectivity index (χ3n) is 4.41. The number of hydrogen-bond acceptors (Lipinski definition) is 3.